The molecule has 2 N–H and O–H groups in total. The van der Waals surface area contributed by atoms with Gasteiger partial charge in [0.05, 0.1) is 23.8 Å². The van der Waals surface area contributed by atoms with Gasteiger partial charge in [0, 0.05) is 36.7 Å². The highest BCUT2D eigenvalue weighted by molar-refractivity contribution is 5.86. The van der Waals surface area contributed by atoms with Crippen molar-refractivity contribution in [2.24, 2.45) is 5.73 Å². The Morgan fingerprint density at radius 2 is 1.94 bits per heavy atom. The Morgan fingerprint density at radius 1 is 1.16 bits per heavy atom. The number of benzene rings is 2. The molecule has 1 saturated heterocycles. The van der Waals surface area contributed by atoms with Gasteiger partial charge >= 0.3 is 0 Å². The van der Waals surface area contributed by atoms with Gasteiger partial charge in [-0.2, -0.15) is 5.10 Å². The maximum atomic E-state index is 12.5. The van der Waals surface area contributed by atoms with Crippen molar-refractivity contribution in [1.82, 2.24) is 14.7 Å². The second-order valence-electron chi connectivity index (χ2n) is 8.62. The lowest BCUT2D eigenvalue weighted by molar-refractivity contribution is -0.132. The minimum Gasteiger partial charge on any atom is -0.368 e. The summed E-state index contributed by atoms with van der Waals surface area (Å²) in [5.41, 5.74) is 10.5. The van der Waals surface area contributed by atoms with E-state index in [4.69, 9.17) is 10.8 Å². The third kappa shape index (κ3) is 4.30. The summed E-state index contributed by atoms with van der Waals surface area (Å²) in [6.45, 7) is 8.85. The van der Waals surface area contributed by atoms with Crippen molar-refractivity contribution in [3.63, 3.8) is 0 Å². The maximum Gasteiger partial charge on any atom is 0.236 e. The predicted molar refractivity (Wildman–Crippen MR) is 126 cm³/mol. The summed E-state index contributed by atoms with van der Waals surface area (Å²) in [6.07, 6.45) is 1.75. The van der Waals surface area contributed by atoms with Gasteiger partial charge in [0.1, 0.15) is 0 Å². The van der Waals surface area contributed by atoms with Crippen molar-refractivity contribution < 1.29 is 4.79 Å². The molecule has 1 aliphatic heterocycles. The van der Waals surface area contributed by atoms with Crippen molar-refractivity contribution in [2.75, 3.05) is 31.1 Å². The van der Waals surface area contributed by atoms with Gasteiger partial charge in [-0.3, -0.25) is 9.48 Å². The third-order valence-electron chi connectivity index (χ3n) is 6.25. The van der Waals surface area contributed by atoms with E-state index in [0.717, 1.165) is 31.6 Å². The van der Waals surface area contributed by atoms with Crippen molar-refractivity contribution in [3.05, 3.63) is 59.8 Å². The number of aryl methyl sites for hydroxylation is 1. The highest BCUT2D eigenvalue weighted by Crippen LogP contribution is 2.29. The molecular formula is C25H33N5O. The minimum atomic E-state index is 0.0292. The molecule has 1 aromatic heterocycles. The van der Waals surface area contributed by atoms with Crippen LogP contribution in [0.15, 0.2) is 48.5 Å². The van der Waals surface area contributed by atoms with Gasteiger partial charge in [-0.25, -0.2) is 0 Å². The van der Waals surface area contributed by atoms with Crippen LogP contribution in [-0.2, 0) is 17.6 Å². The number of aromatic nitrogens is 2. The largest absolute Gasteiger partial charge is 0.368 e. The first-order chi connectivity index (χ1) is 15.0. The highest BCUT2D eigenvalue weighted by atomic mass is 16.2. The molecule has 1 atom stereocenters. The number of carbonyl (C=O) groups is 1. The van der Waals surface area contributed by atoms with E-state index in [0.29, 0.717) is 12.6 Å². The predicted octanol–water partition coefficient (Wildman–Crippen LogP) is 3.40. The topological polar surface area (TPSA) is 67.4 Å². The summed E-state index contributed by atoms with van der Waals surface area (Å²) in [4.78, 5) is 16.9. The van der Waals surface area contributed by atoms with E-state index in [1.807, 2.05) is 11.0 Å². The first kappa shape index (κ1) is 21.4. The van der Waals surface area contributed by atoms with Crippen LogP contribution < -0.4 is 10.6 Å². The molecule has 2 aromatic carbocycles. The molecule has 3 aromatic rings. The van der Waals surface area contributed by atoms with Gasteiger partial charge < -0.3 is 15.5 Å². The summed E-state index contributed by atoms with van der Waals surface area (Å²) >= 11 is 0. The van der Waals surface area contributed by atoms with Crippen LogP contribution >= 0.6 is 0 Å². The number of anilines is 1. The molecule has 0 aliphatic carbocycles. The van der Waals surface area contributed by atoms with Gasteiger partial charge in [-0.05, 0) is 50.5 Å². The summed E-state index contributed by atoms with van der Waals surface area (Å²) in [7, 11) is 0. The number of nitrogens with two attached hydrogens (primary N) is 1. The quantitative estimate of drug-likeness (QED) is 0.665. The van der Waals surface area contributed by atoms with E-state index in [1.54, 1.807) is 0 Å². The van der Waals surface area contributed by atoms with Crippen molar-refractivity contribution >= 4 is 22.5 Å². The summed E-state index contributed by atoms with van der Waals surface area (Å²) in [6, 6.07) is 17.5. The zero-order chi connectivity index (χ0) is 22.0. The molecular weight excluding hydrogens is 386 g/mol. The Hall–Kier alpha value is -2.86. The van der Waals surface area contributed by atoms with Crippen LogP contribution in [0, 0.1) is 0 Å². The number of piperazine rings is 1. The first-order valence-electron chi connectivity index (χ1n) is 11.3. The van der Waals surface area contributed by atoms with Gasteiger partial charge in [0.15, 0.2) is 0 Å². The van der Waals surface area contributed by atoms with Crippen molar-refractivity contribution in [2.45, 2.75) is 45.7 Å². The Labute approximate surface area is 184 Å². The lowest BCUT2D eigenvalue weighted by Crippen LogP contribution is -2.57. The second kappa shape index (κ2) is 9.10. The van der Waals surface area contributed by atoms with Crippen LogP contribution in [0.5, 0.6) is 0 Å². The molecule has 0 bridgehead atoms. The molecule has 31 heavy (non-hydrogen) atoms. The maximum absolute atomic E-state index is 12.5. The Bertz CT molecular complexity index is 1040. The zero-order valence-electron chi connectivity index (χ0n) is 18.8. The van der Waals surface area contributed by atoms with E-state index in [-0.39, 0.29) is 18.5 Å². The normalized spacial score (nSPS) is 17.0. The van der Waals surface area contributed by atoms with Crippen LogP contribution in [0.4, 0.5) is 5.69 Å². The van der Waals surface area contributed by atoms with Crippen LogP contribution in [0.3, 0.4) is 0 Å². The molecule has 1 amide bonds. The van der Waals surface area contributed by atoms with Crippen molar-refractivity contribution in [1.29, 1.82) is 0 Å². The molecule has 0 radical (unpaired) electrons. The lowest BCUT2D eigenvalue weighted by atomic mass is 10.0. The molecule has 1 aliphatic rings. The number of carbonyl (C=O) groups excluding carboxylic acids is 1. The van der Waals surface area contributed by atoms with E-state index in [2.05, 4.69) is 72.8 Å². The summed E-state index contributed by atoms with van der Waals surface area (Å²) in [5.74, 6) is 0.0292. The molecule has 6 nitrogen and oxygen atoms in total. The smallest absolute Gasteiger partial charge is 0.236 e. The molecule has 164 valence electrons. The molecule has 0 unspecified atom stereocenters. The fourth-order valence-corrected chi connectivity index (χ4v) is 4.64. The standard InChI is InChI=1S/C25H33N5O/c1-4-23-22-11-10-20(15-24(22)30(27-23)18(2)3)28-12-13-29(25(31)16-26)21(17-28)14-19-8-6-5-7-9-19/h5-11,15,18,21H,4,12-14,16-17,26H2,1-3H3/t21-/m0/s1. The number of hydrogen-bond acceptors (Lipinski definition) is 4. The van der Waals surface area contributed by atoms with Crippen LogP contribution in [0.25, 0.3) is 10.9 Å². The number of nitrogens with zero attached hydrogens (tertiary/aromatic N) is 4. The number of hydrogen-bond donors (Lipinski definition) is 1. The van der Waals surface area contributed by atoms with Gasteiger partial charge in [0.2, 0.25) is 5.91 Å². The molecule has 0 spiro atoms. The Morgan fingerprint density at radius 3 is 2.61 bits per heavy atom. The lowest BCUT2D eigenvalue weighted by Gasteiger charge is -2.42. The zero-order valence-corrected chi connectivity index (χ0v) is 18.8. The number of fused-ring (bicyclic) bond motifs is 1. The Balaban J connectivity index is 1.64. The highest BCUT2D eigenvalue weighted by Gasteiger charge is 2.30. The summed E-state index contributed by atoms with van der Waals surface area (Å²) < 4.78 is 2.13. The fraction of sp³-hybridized carbons (Fsp3) is 0.440. The van der Waals surface area contributed by atoms with Crippen LogP contribution in [0.2, 0.25) is 0 Å². The molecule has 6 heteroatoms. The van der Waals surface area contributed by atoms with E-state index >= 15 is 0 Å². The second-order valence-corrected chi connectivity index (χ2v) is 8.62. The van der Waals surface area contributed by atoms with Gasteiger partial charge in [-0.1, -0.05) is 37.3 Å². The summed E-state index contributed by atoms with van der Waals surface area (Å²) in [5, 5.41) is 6.08. The van der Waals surface area contributed by atoms with E-state index < -0.39 is 0 Å². The number of amides is 1. The first-order valence-corrected chi connectivity index (χ1v) is 11.3. The van der Waals surface area contributed by atoms with Gasteiger partial charge in [0.25, 0.3) is 0 Å². The average molecular weight is 420 g/mol. The molecule has 4 rings (SSSR count). The van der Waals surface area contributed by atoms with Crippen molar-refractivity contribution in [3.8, 4) is 0 Å². The van der Waals surface area contributed by atoms with Crippen LogP contribution in [0.1, 0.15) is 38.1 Å². The molecule has 1 fully saturated rings. The van der Waals surface area contributed by atoms with E-state index in [9.17, 15) is 4.79 Å². The third-order valence-corrected chi connectivity index (χ3v) is 6.25. The fourth-order valence-electron chi connectivity index (χ4n) is 4.64. The SMILES string of the molecule is CCc1nn(C(C)C)c2cc(N3CCN(C(=O)CN)[C@@H](Cc4ccccc4)C3)ccc12. The monoisotopic (exact) mass is 419 g/mol. The van der Waals surface area contributed by atoms with Gasteiger partial charge in [-0.15, -0.1) is 0 Å². The molecule has 0 saturated carbocycles. The minimum absolute atomic E-state index is 0.0292. The van der Waals surface area contributed by atoms with Crippen LogP contribution in [-0.4, -0.2) is 52.8 Å². The van der Waals surface area contributed by atoms with E-state index in [1.165, 1.54) is 22.2 Å². The Kier molecular flexibility index (Phi) is 6.28. The number of rotatable bonds is 6. The average Bonchev–Trinajstić information content (AvgIpc) is 3.17. The molecule has 2 heterocycles.